The Morgan fingerprint density at radius 3 is 2.33 bits per heavy atom. The number of rotatable bonds is 9. The Balaban J connectivity index is 2.01. The molecule has 40 heavy (non-hydrogen) atoms. The fourth-order valence-corrected chi connectivity index (χ4v) is 5.21. The van der Waals surface area contributed by atoms with E-state index in [9.17, 15) is 24.0 Å². The Morgan fingerprint density at radius 1 is 1.15 bits per heavy atom. The number of Topliss-reactive ketones (excluding diaryl/α,β-unsaturated/α-hetero) is 1. The third-order valence-corrected chi connectivity index (χ3v) is 7.65. The van der Waals surface area contributed by atoms with Crippen LogP contribution in [-0.4, -0.2) is 74.8 Å². The van der Waals surface area contributed by atoms with Gasteiger partial charge in [0.05, 0.1) is 20.2 Å². The number of nitrogens with zero attached hydrogens (tertiary/aromatic N) is 4. The molecule has 1 saturated heterocycles. The van der Waals surface area contributed by atoms with E-state index in [1.807, 2.05) is 30.3 Å². The predicted octanol–water partition coefficient (Wildman–Crippen LogP) is 2.98. The molecule has 0 aliphatic carbocycles. The van der Waals surface area contributed by atoms with E-state index in [1.165, 1.54) is 0 Å². The van der Waals surface area contributed by atoms with E-state index < -0.39 is 64.0 Å². The van der Waals surface area contributed by atoms with Crippen molar-refractivity contribution in [2.45, 2.75) is 78.6 Å². The summed E-state index contributed by atoms with van der Waals surface area (Å²) in [6.45, 7) is 8.87. The molecule has 2 aromatic rings. The lowest BCUT2D eigenvalue weighted by Crippen LogP contribution is -2.70. The van der Waals surface area contributed by atoms with Crippen molar-refractivity contribution < 1.29 is 32.8 Å². The van der Waals surface area contributed by atoms with Gasteiger partial charge in [-0.15, -0.1) is 5.10 Å². The molecule has 4 amide bonds. The molecule has 1 unspecified atom stereocenters. The fourth-order valence-electron chi connectivity index (χ4n) is 5.21. The van der Waals surface area contributed by atoms with Crippen molar-refractivity contribution in [3.05, 3.63) is 52.3 Å². The number of likely N-dealkylation sites (tertiary alicyclic amines) is 1. The normalized spacial score (nSPS) is 20.4. The van der Waals surface area contributed by atoms with Gasteiger partial charge in [0.1, 0.15) is 18.1 Å². The zero-order valence-corrected chi connectivity index (χ0v) is 24.0. The minimum absolute atomic E-state index is 0.134. The summed E-state index contributed by atoms with van der Waals surface area (Å²) in [5, 5.41) is 4.08. The van der Waals surface area contributed by atoms with E-state index in [-0.39, 0.29) is 19.0 Å². The highest BCUT2D eigenvalue weighted by Crippen LogP contribution is 2.33. The van der Waals surface area contributed by atoms with Gasteiger partial charge in [0.15, 0.2) is 0 Å². The third-order valence-electron chi connectivity index (χ3n) is 7.65. The maximum absolute atomic E-state index is 14.3. The van der Waals surface area contributed by atoms with Crippen LogP contribution in [0.15, 0.2) is 39.5 Å². The Hall–Kier alpha value is -3.64. The number of imide groups is 2. The molecule has 12 nitrogen and oxygen atoms in total. The summed E-state index contributed by atoms with van der Waals surface area (Å²) in [5.74, 6) is -3.65. The van der Waals surface area contributed by atoms with Crippen LogP contribution in [-0.2, 0) is 22.5 Å². The summed E-state index contributed by atoms with van der Waals surface area (Å²) in [4.78, 5) is 68.2. The van der Waals surface area contributed by atoms with Gasteiger partial charge in [-0.25, -0.2) is 19.2 Å². The molecule has 0 spiro atoms. The van der Waals surface area contributed by atoms with Gasteiger partial charge >= 0.3 is 23.8 Å². The lowest BCUT2D eigenvalue weighted by atomic mass is 9.97. The molecule has 0 saturated carbocycles. The van der Waals surface area contributed by atoms with E-state index in [0.29, 0.717) is 24.2 Å². The zero-order chi connectivity index (χ0) is 29.8. The minimum Gasteiger partial charge on any atom is -0.452 e. The predicted molar refractivity (Wildman–Crippen MR) is 145 cm³/mol. The number of quaternary nitrogens is 1. The lowest BCUT2D eigenvalue weighted by Gasteiger charge is -2.40. The molecule has 1 aliphatic heterocycles. The van der Waals surface area contributed by atoms with E-state index in [0.717, 1.165) is 17.4 Å². The maximum Gasteiger partial charge on any atom is 0.437 e. The monoisotopic (exact) mass is 558 g/mol. The van der Waals surface area contributed by atoms with Gasteiger partial charge in [-0.2, -0.15) is 14.1 Å². The summed E-state index contributed by atoms with van der Waals surface area (Å²) in [7, 11) is 1.09. The smallest absolute Gasteiger partial charge is 0.437 e. The number of nitrogens with two attached hydrogens (primary N) is 1. The lowest BCUT2D eigenvalue weighted by molar-refractivity contribution is -0.788. The summed E-state index contributed by atoms with van der Waals surface area (Å²) >= 11 is 0. The molecule has 0 bridgehead atoms. The highest BCUT2D eigenvalue weighted by Gasteiger charge is 2.59. The van der Waals surface area contributed by atoms with Gasteiger partial charge in [-0.1, -0.05) is 58.0 Å². The number of carbonyl (C=O) groups excluding carboxylic acids is 4. The molecule has 2 heterocycles. The average Bonchev–Trinajstić information content (AvgIpc) is 3.51. The first-order chi connectivity index (χ1) is 18.9. The van der Waals surface area contributed by atoms with Gasteiger partial charge in [0.2, 0.25) is 5.78 Å². The zero-order valence-electron chi connectivity index (χ0n) is 24.0. The number of urea groups is 1. The van der Waals surface area contributed by atoms with Crippen LogP contribution in [0.1, 0.15) is 63.7 Å². The molecule has 0 radical (unpaired) electrons. The van der Waals surface area contributed by atoms with Gasteiger partial charge in [0, 0.05) is 12.8 Å². The van der Waals surface area contributed by atoms with Crippen molar-refractivity contribution in [3.63, 3.8) is 0 Å². The Morgan fingerprint density at radius 2 is 1.80 bits per heavy atom. The molecule has 1 fully saturated rings. The van der Waals surface area contributed by atoms with Gasteiger partial charge < -0.3 is 14.9 Å². The van der Waals surface area contributed by atoms with Crippen molar-refractivity contribution in [2.24, 2.45) is 17.6 Å². The summed E-state index contributed by atoms with van der Waals surface area (Å²) in [6.07, 6.45) is 0.472. The SMILES string of the molecule is COC(=O)N(C(=O)[N+]1(C(=O)[C@@H](N)C(C)C)CCC[C@H]1C)[C@H](C(=O)c1nn(CCc2ccccc2)c(=O)o1)C(C)C. The quantitative estimate of drug-likeness (QED) is 0.361. The average molecular weight is 559 g/mol. The third kappa shape index (κ3) is 5.92. The van der Waals surface area contributed by atoms with Gasteiger partial charge in [0.25, 0.3) is 5.89 Å². The second-order valence-electron chi connectivity index (χ2n) is 11.0. The number of aryl methyl sites for hydroxylation is 2. The maximum atomic E-state index is 14.3. The minimum atomic E-state index is -1.45. The number of amides is 4. The number of methoxy groups -OCH3 is 1. The molecule has 218 valence electrons. The molecule has 1 aromatic carbocycles. The van der Waals surface area contributed by atoms with E-state index in [4.69, 9.17) is 14.9 Å². The molecular formula is C28H40N5O7+. The topological polar surface area (TPSA) is 155 Å². The number of carbonyl (C=O) groups is 4. The number of hydrogen-bond acceptors (Lipinski definition) is 9. The number of aromatic nitrogens is 2. The van der Waals surface area contributed by atoms with Crippen molar-refractivity contribution in [1.82, 2.24) is 14.7 Å². The van der Waals surface area contributed by atoms with Crippen molar-refractivity contribution in [2.75, 3.05) is 13.7 Å². The number of ether oxygens (including phenoxy) is 1. The Kier molecular flexibility index (Phi) is 9.80. The van der Waals surface area contributed by atoms with E-state index in [1.54, 1.807) is 34.6 Å². The van der Waals surface area contributed by atoms with Crippen LogP contribution in [0, 0.1) is 11.8 Å². The van der Waals surface area contributed by atoms with Crippen molar-refractivity contribution in [1.29, 1.82) is 0 Å². The second-order valence-corrected chi connectivity index (χ2v) is 11.0. The van der Waals surface area contributed by atoms with E-state index >= 15 is 0 Å². The molecule has 3 rings (SSSR count). The largest absolute Gasteiger partial charge is 0.452 e. The number of hydrogen-bond donors (Lipinski definition) is 1. The van der Waals surface area contributed by atoms with Crippen LogP contribution in [0.3, 0.4) is 0 Å². The fraction of sp³-hybridized carbons (Fsp3) is 0.571. The molecule has 12 heteroatoms. The number of benzene rings is 1. The Bertz CT molecular complexity index is 1290. The second kappa shape index (κ2) is 12.7. The molecule has 1 aliphatic rings. The molecule has 1 aromatic heterocycles. The van der Waals surface area contributed by atoms with Gasteiger partial charge in [-0.3, -0.25) is 4.79 Å². The summed E-state index contributed by atoms with van der Waals surface area (Å²) < 4.78 is 10.5. The van der Waals surface area contributed by atoms with Crippen LogP contribution in [0.2, 0.25) is 0 Å². The first-order valence-electron chi connectivity index (χ1n) is 13.6. The first kappa shape index (κ1) is 30.9. The molecule has 2 N–H and O–H groups in total. The van der Waals surface area contributed by atoms with Crippen LogP contribution >= 0.6 is 0 Å². The Labute approximate surface area is 233 Å². The van der Waals surface area contributed by atoms with Crippen LogP contribution < -0.4 is 11.5 Å². The highest BCUT2D eigenvalue weighted by atomic mass is 16.5. The van der Waals surface area contributed by atoms with Gasteiger partial charge in [-0.05, 0) is 30.7 Å². The van der Waals surface area contributed by atoms with Crippen LogP contribution in [0.5, 0.6) is 0 Å². The number of ketones is 1. The van der Waals surface area contributed by atoms with Crippen LogP contribution in [0.4, 0.5) is 9.59 Å². The standard InChI is InChI=1S/C28H40N5O7/c1-17(2)21(29)25(35)33(16-10-11-19(33)5)26(36)32(28(38)39-6)22(18(3)4)23(34)24-30-31(27(37)40-24)15-14-20-12-8-7-9-13-20/h7-9,12-13,17-19,21-22H,10-11,14-16,29H2,1-6H3/q+1/t19-,21+,22+,33?/m1/s1. The first-order valence-corrected chi connectivity index (χ1v) is 13.6. The molecule has 4 atom stereocenters. The van der Waals surface area contributed by atoms with Crippen molar-refractivity contribution in [3.8, 4) is 0 Å². The van der Waals surface area contributed by atoms with Crippen LogP contribution in [0.25, 0.3) is 0 Å². The molecular weight excluding hydrogens is 518 g/mol. The summed E-state index contributed by atoms with van der Waals surface area (Å²) in [6, 6.07) is 5.63. The van der Waals surface area contributed by atoms with E-state index in [2.05, 4.69) is 5.10 Å². The van der Waals surface area contributed by atoms with Crippen molar-refractivity contribution >= 4 is 23.8 Å². The highest BCUT2D eigenvalue weighted by molar-refractivity contribution is 6.03. The summed E-state index contributed by atoms with van der Waals surface area (Å²) in [5.41, 5.74) is 7.19.